The summed E-state index contributed by atoms with van der Waals surface area (Å²) < 4.78 is 4.95. The summed E-state index contributed by atoms with van der Waals surface area (Å²) in [5.74, 6) is 0.299. The van der Waals surface area contributed by atoms with Crippen LogP contribution in [-0.2, 0) is 4.74 Å². The summed E-state index contributed by atoms with van der Waals surface area (Å²) in [7, 11) is 1.62. The van der Waals surface area contributed by atoms with Crippen molar-refractivity contribution >= 4 is 28.2 Å². The Bertz CT molecular complexity index is 494. The van der Waals surface area contributed by atoms with E-state index in [2.05, 4.69) is 10.3 Å². The predicted octanol–water partition coefficient (Wildman–Crippen LogP) is 0.627. The molecule has 1 aromatic heterocycles. The molecule has 8 heteroatoms. The third-order valence-electron chi connectivity index (χ3n) is 3.64. The molecule has 118 valence electrons. The minimum absolute atomic E-state index is 0.157. The number of aromatic nitrogens is 1. The number of nitrogens with two attached hydrogens (primary N) is 1. The number of ether oxygens (including phenoxy) is 1. The number of methoxy groups -OCH3 is 1. The first-order chi connectivity index (χ1) is 10.0. The van der Waals surface area contributed by atoms with Gasteiger partial charge in [0.1, 0.15) is 10.7 Å². The zero-order valence-corrected chi connectivity index (χ0v) is 13.2. The van der Waals surface area contributed by atoms with Gasteiger partial charge >= 0.3 is 0 Å². The van der Waals surface area contributed by atoms with E-state index in [0.29, 0.717) is 36.2 Å². The van der Waals surface area contributed by atoms with Crippen LogP contribution in [0.15, 0.2) is 0 Å². The Balaban J connectivity index is 2.02. The van der Waals surface area contributed by atoms with Gasteiger partial charge in [-0.05, 0) is 12.3 Å². The van der Waals surface area contributed by atoms with Gasteiger partial charge in [-0.1, -0.05) is 18.3 Å². The predicted molar refractivity (Wildman–Crippen MR) is 82.6 cm³/mol. The molecule has 2 rings (SSSR count). The zero-order chi connectivity index (χ0) is 15.4. The van der Waals surface area contributed by atoms with Crippen LogP contribution < -0.4 is 11.1 Å². The fraction of sp³-hybridized carbons (Fsp3) is 0.692. The second-order valence-corrected chi connectivity index (χ2v) is 6.24. The van der Waals surface area contributed by atoms with Gasteiger partial charge in [-0.25, -0.2) is 4.98 Å². The van der Waals surface area contributed by atoms with E-state index in [1.807, 2.05) is 6.92 Å². The van der Waals surface area contributed by atoms with Gasteiger partial charge in [0.05, 0.1) is 12.7 Å². The number of carbonyl (C=O) groups excluding carboxylic acids is 1. The van der Waals surface area contributed by atoms with Gasteiger partial charge in [0.15, 0.2) is 5.13 Å². The van der Waals surface area contributed by atoms with E-state index >= 15 is 0 Å². The third kappa shape index (κ3) is 3.84. The standard InChI is InChI=1S/C13H22N4O3S/c1-8-3-5-17(7-9(8)18)12(19)10-11(14)16-13(21-10)15-4-6-20-2/h8-9,18H,3-7,14H2,1-2H3,(H,15,16). The highest BCUT2D eigenvalue weighted by molar-refractivity contribution is 7.18. The van der Waals surface area contributed by atoms with Crippen molar-refractivity contribution < 1.29 is 14.6 Å². The van der Waals surface area contributed by atoms with E-state index in [0.717, 1.165) is 6.42 Å². The summed E-state index contributed by atoms with van der Waals surface area (Å²) in [4.78, 5) is 18.7. The number of aliphatic hydroxyl groups excluding tert-OH is 1. The van der Waals surface area contributed by atoms with Crippen LogP contribution in [0.3, 0.4) is 0 Å². The Kier molecular flexibility index (Phi) is 5.38. The van der Waals surface area contributed by atoms with Crippen LogP contribution in [0.2, 0.25) is 0 Å². The van der Waals surface area contributed by atoms with Gasteiger partial charge in [-0.15, -0.1) is 0 Å². The summed E-state index contributed by atoms with van der Waals surface area (Å²) in [6.45, 7) is 4.14. The van der Waals surface area contributed by atoms with E-state index < -0.39 is 6.10 Å². The number of thiazole rings is 1. The number of nitrogens with zero attached hydrogens (tertiary/aromatic N) is 2. The molecule has 2 heterocycles. The molecule has 4 N–H and O–H groups in total. The Morgan fingerprint density at radius 1 is 1.67 bits per heavy atom. The van der Waals surface area contributed by atoms with Crippen LogP contribution in [0, 0.1) is 5.92 Å². The average molecular weight is 314 g/mol. The van der Waals surface area contributed by atoms with E-state index in [9.17, 15) is 9.90 Å². The van der Waals surface area contributed by atoms with Crippen LogP contribution in [0.5, 0.6) is 0 Å². The molecule has 1 fully saturated rings. The fourth-order valence-electron chi connectivity index (χ4n) is 2.20. The van der Waals surface area contributed by atoms with Gasteiger partial charge in [0, 0.05) is 26.7 Å². The summed E-state index contributed by atoms with van der Waals surface area (Å²) in [5.41, 5.74) is 5.83. The van der Waals surface area contributed by atoms with Crippen molar-refractivity contribution in [2.45, 2.75) is 19.4 Å². The largest absolute Gasteiger partial charge is 0.391 e. The molecule has 0 aromatic carbocycles. The molecular weight excluding hydrogens is 292 g/mol. The Labute approximate surface area is 128 Å². The molecule has 2 unspecified atom stereocenters. The maximum Gasteiger partial charge on any atom is 0.267 e. The first kappa shape index (κ1) is 16.0. The number of rotatable bonds is 5. The van der Waals surface area contributed by atoms with E-state index in [-0.39, 0.29) is 17.6 Å². The second kappa shape index (κ2) is 7.06. The minimum atomic E-state index is -0.476. The number of anilines is 2. The topological polar surface area (TPSA) is 101 Å². The number of piperidine rings is 1. The summed E-state index contributed by atoms with van der Waals surface area (Å²) in [6.07, 6.45) is 0.320. The highest BCUT2D eigenvalue weighted by Gasteiger charge is 2.30. The number of nitrogens with one attached hydrogen (secondary N) is 1. The monoisotopic (exact) mass is 314 g/mol. The quantitative estimate of drug-likeness (QED) is 0.689. The Hall–Kier alpha value is -1.38. The smallest absolute Gasteiger partial charge is 0.267 e. The fourth-order valence-corrected chi connectivity index (χ4v) is 3.08. The van der Waals surface area contributed by atoms with Crippen molar-refractivity contribution in [3.05, 3.63) is 4.88 Å². The van der Waals surface area contributed by atoms with Crippen LogP contribution in [0.25, 0.3) is 0 Å². The molecule has 1 amide bonds. The number of nitrogen functional groups attached to an aromatic ring is 1. The van der Waals surface area contributed by atoms with Crippen molar-refractivity contribution in [2.75, 3.05) is 44.4 Å². The van der Waals surface area contributed by atoms with E-state index in [1.54, 1.807) is 12.0 Å². The molecule has 21 heavy (non-hydrogen) atoms. The van der Waals surface area contributed by atoms with Crippen molar-refractivity contribution in [3.8, 4) is 0 Å². The molecule has 0 bridgehead atoms. The van der Waals surface area contributed by atoms with Gasteiger partial charge < -0.3 is 25.8 Å². The molecule has 1 saturated heterocycles. The van der Waals surface area contributed by atoms with E-state index in [1.165, 1.54) is 11.3 Å². The lowest BCUT2D eigenvalue weighted by Gasteiger charge is -2.34. The second-order valence-electron chi connectivity index (χ2n) is 5.24. The van der Waals surface area contributed by atoms with Crippen molar-refractivity contribution in [2.24, 2.45) is 5.92 Å². The number of carbonyl (C=O) groups is 1. The normalized spacial score (nSPS) is 22.3. The van der Waals surface area contributed by atoms with Crippen molar-refractivity contribution in [3.63, 3.8) is 0 Å². The molecule has 0 radical (unpaired) electrons. The van der Waals surface area contributed by atoms with Gasteiger partial charge in [-0.2, -0.15) is 0 Å². The van der Waals surface area contributed by atoms with Crippen molar-refractivity contribution in [1.82, 2.24) is 9.88 Å². The number of aliphatic hydroxyl groups is 1. The van der Waals surface area contributed by atoms with Crippen LogP contribution in [0.4, 0.5) is 10.9 Å². The molecule has 1 aliphatic heterocycles. The highest BCUT2D eigenvalue weighted by Crippen LogP contribution is 2.28. The first-order valence-corrected chi connectivity index (χ1v) is 7.81. The number of β-amino-alcohol motifs (C(OH)–C–C–N with tert-alkyl or cyclic N) is 1. The van der Waals surface area contributed by atoms with Crippen LogP contribution in [-0.4, -0.2) is 60.4 Å². The Morgan fingerprint density at radius 3 is 3.10 bits per heavy atom. The van der Waals surface area contributed by atoms with Gasteiger partial charge in [0.25, 0.3) is 5.91 Å². The molecule has 0 saturated carbocycles. The lowest BCUT2D eigenvalue weighted by atomic mass is 9.96. The first-order valence-electron chi connectivity index (χ1n) is 6.99. The van der Waals surface area contributed by atoms with Gasteiger partial charge in [-0.3, -0.25) is 4.79 Å². The SMILES string of the molecule is COCCNc1nc(N)c(C(=O)N2CCC(C)C(O)C2)s1. The van der Waals surface area contributed by atoms with E-state index in [4.69, 9.17) is 10.5 Å². The molecule has 1 aromatic rings. The molecule has 2 atom stereocenters. The Morgan fingerprint density at radius 2 is 2.43 bits per heavy atom. The lowest BCUT2D eigenvalue weighted by molar-refractivity contribution is 0.0252. The summed E-state index contributed by atoms with van der Waals surface area (Å²) in [5, 5.41) is 13.6. The number of amides is 1. The molecule has 0 aliphatic carbocycles. The zero-order valence-electron chi connectivity index (χ0n) is 12.3. The van der Waals surface area contributed by atoms with Crippen LogP contribution in [0.1, 0.15) is 23.0 Å². The van der Waals surface area contributed by atoms with Crippen LogP contribution >= 0.6 is 11.3 Å². The average Bonchev–Trinajstić information content (AvgIpc) is 2.82. The van der Waals surface area contributed by atoms with Gasteiger partial charge in [0.2, 0.25) is 0 Å². The summed E-state index contributed by atoms with van der Waals surface area (Å²) in [6, 6.07) is 0. The minimum Gasteiger partial charge on any atom is -0.391 e. The maximum absolute atomic E-state index is 12.5. The molecule has 1 aliphatic rings. The molecular formula is C13H22N4O3S. The summed E-state index contributed by atoms with van der Waals surface area (Å²) >= 11 is 1.24. The molecule has 0 spiro atoms. The maximum atomic E-state index is 12.5. The highest BCUT2D eigenvalue weighted by atomic mass is 32.1. The number of likely N-dealkylation sites (tertiary alicyclic amines) is 1. The molecule has 7 nitrogen and oxygen atoms in total. The number of hydrogen-bond acceptors (Lipinski definition) is 7. The van der Waals surface area contributed by atoms with Crippen molar-refractivity contribution in [1.29, 1.82) is 0 Å². The number of hydrogen-bond donors (Lipinski definition) is 3. The third-order valence-corrected chi connectivity index (χ3v) is 4.65. The lowest BCUT2D eigenvalue weighted by Crippen LogP contribution is -2.45.